The van der Waals surface area contributed by atoms with E-state index >= 15 is 0 Å². The van der Waals surface area contributed by atoms with E-state index in [-0.39, 0.29) is 30.3 Å². The van der Waals surface area contributed by atoms with E-state index in [9.17, 15) is 27.9 Å². The van der Waals surface area contributed by atoms with E-state index in [0.717, 1.165) is 43.0 Å². The minimum absolute atomic E-state index is 0.175. The molecule has 2 heterocycles. The lowest BCUT2D eigenvalue weighted by atomic mass is 9.78. The normalized spacial score (nSPS) is 25.1. The number of nitrogens with one attached hydrogen (secondary N) is 2. The third kappa shape index (κ3) is 7.75. The van der Waals surface area contributed by atoms with E-state index in [1.807, 2.05) is 13.0 Å². The van der Waals surface area contributed by atoms with Gasteiger partial charge in [-0.15, -0.1) is 0 Å². The zero-order valence-corrected chi connectivity index (χ0v) is 23.2. The summed E-state index contributed by atoms with van der Waals surface area (Å²) in [6, 6.07) is 7.53. The number of amides is 2. The molecule has 2 atom stereocenters. The maximum atomic E-state index is 13.0. The van der Waals surface area contributed by atoms with E-state index < -0.39 is 29.2 Å². The standard InChI is InChI=1S/C29H37F3N4O5/c1-3-13-41-24-18-36(22-9-11-28(39,12-10-22)21-7-8-26(40-2)33-15-21)17-23(24)35-25(37)16-34-27(38)19-5-4-6-20(14-19)29(30,31)32/h4-8,14-15,22-24,39H,3,9-13,16-18H2,1-2H3,(H,34,38)(H,35,37)/t22?,23-,24+,28?/m0/s1. The van der Waals surface area contributed by atoms with Crippen molar-refractivity contribution in [1.29, 1.82) is 0 Å². The number of hydrogen-bond acceptors (Lipinski definition) is 7. The molecular formula is C29H37F3N4O5. The van der Waals surface area contributed by atoms with Gasteiger partial charge >= 0.3 is 6.18 Å². The summed E-state index contributed by atoms with van der Waals surface area (Å²) >= 11 is 0. The number of nitrogens with zero attached hydrogens (tertiary/aromatic N) is 2. The van der Waals surface area contributed by atoms with Gasteiger partial charge in [0.1, 0.15) is 0 Å². The molecule has 0 bridgehead atoms. The summed E-state index contributed by atoms with van der Waals surface area (Å²) in [5, 5.41) is 16.6. The van der Waals surface area contributed by atoms with Gasteiger partial charge in [0.15, 0.2) is 0 Å². The zero-order chi connectivity index (χ0) is 29.6. The number of carbonyl (C=O) groups excluding carboxylic acids is 2. The van der Waals surface area contributed by atoms with Gasteiger partial charge in [-0.3, -0.25) is 14.5 Å². The van der Waals surface area contributed by atoms with Crippen LogP contribution in [0.2, 0.25) is 0 Å². The van der Waals surface area contributed by atoms with Gasteiger partial charge in [0.25, 0.3) is 5.91 Å². The van der Waals surface area contributed by atoms with Gasteiger partial charge in [0, 0.05) is 49.1 Å². The van der Waals surface area contributed by atoms with Crippen molar-refractivity contribution >= 4 is 11.8 Å². The van der Waals surface area contributed by atoms with Crippen LogP contribution in [0.15, 0.2) is 42.6 Å². The maximum absolute atomic E-state index is 13.0. The third-order valence-electron chi connectivity index (χ3n) is 7.82. The first-order valence-electron chi connectivity index (χ1n) is 13.9. The zero-order valence-electron chi connectivity index (χ0n) is 23.2. The molecule has 41 heavy (non-hydrogen) atoms. The number of alkyl halides is 3. The number of rotatable bonds is 10. The highest BCUT2D eigenvalue weighted by atomic mass is 19.4. The number of halogens is 3. The van der Waals surface area contributed by atoms with Crippen molar-refractivity contribution in [2.75, 3.05) is 33.4 Å². The average Bonchev–Trinajstić information content (AvgIpc) is 3.36. The largest absolute Gasteiger partial charge is 0.481 e. The molecular weight excluding hydrogens is 541 g/mol. The van der Waals surface area contributed by atoms with Crippen molar-refractivity contribution in [3.63, 3.8) is 0 Å². The fourth-order valence-electron chi connectivity index (χ4n) is 5.55. The molecule has 1 aliphatic carbocycles. The number of carbonyl (C=O) groups is 2. The van der Waals surface area contributed by atoms with Gasteiger partial charge in [-0.25, -0.2) is 4.98 Å². The Morgan fingerprint density at radius 1 is 1.17 bits per heavy atom. The van der Waals surface area contributed by atoms with E-state index in [1.165, 1.54) is 6.07 Å². The smallest absolute Gasteiger partial charge is 0.416 e. The van der Waals surface area contributed by atoms with E-state index in [0.29, 0.717) is 38.4 Å². The number of pyridine rings is 1. The molecule has 0 radical (unpaired) electrons. The molecule has 4 rings (SSSR count). The van der Waals surface area contributed by atoms with Crippen LogP contribution in [0, 0.1) is 0 Å². The Kier molecular flexibility index (Phi) is 9.88. The van der Waals surface area contributed by atoms with Crippen LogP contribution >= 0.6 is 0 Å². The van der Waals surface area contributed by atoms with Gasteiger partial charge in [0.05, 0.1) is 37.0 Å². The summed E-state index contributed by atoms with van der Waals surface area (Å²) in [6.45, 7) is 3.33. The Hall–Kier alpha value is -3.22. The molecule has 9 nitrogen and oxygen atoms in total. The summed E-state index contributed by atoms with van der Waals surface area (Å²) < 4.78 is 50.1. The van der Waals surface area contributed by atoms with Gasteiger partial charge in [-0.1, -0.05) is 13.0 Å². The molecule has 2 amide bonds. The molecule has 2 fully saturated rings. The topological polar surface area (TPSA) is 113 Å². The predicted octanol–water partition coefficient (Wildman–Crippen LogP) is 3.26. The number of aliphatic hydroxyl groups is 1. The number of benzene rings is 1. The van der Waals surface area contributed by atoms with E-state index in [1.54, 1.807) is 19.4 Å². The lowest BCUT2D eigenvalue weighted by Gasteiger charge is -2.39. The molecule has 3 N–H and O–H groups in total. The molecule has 2 aromatic rings. The molecule has 1 aliphatic heterocycles. The molecule has 12 heteroatoms. The van der Waals surface area contributed by atoms with Crippen LogP contribution in [-0.2, 0) is 21.3 Å². The van der Waals surface area contributed by atoms with Gasteiger partial charge < -0.3 is 25.2 Å². The number of ether oxygens (including phenoxy) is 2. The van der Waals surface area contributed by atoms with Gasteiger partial charge in [-0.2, -0.15) is 13.2 Å². The minimum atomic E-state index is -4.57. The van der Waals surface area contributed by atoms with Gasteiger partial charge in [0.2, 0.25) is 11.8 Å². The highest BCUT2D eigenvalue weighted by molar-refractivity contribution is 5.96. The Bertz CT molecular complexity index is 1190. The van der Waals surface area contributed by atoms with Gasteiger partial charge in [-0.05, 0) is 56.4 Å². The van der Waals surface area contributed by atoms with E-state index in [2.05, 4.69) is 20.5 Å². The van der Waals surface area contributed by atoms with Crippen LogP contribution in [0.4, 0.5) is 13.2 Å². The first-order valence-corrected chi connectivity index (χ1v) is 13.9. The molecule has 1 aromatic carbocycles. The molecule has 2 aliphatic rings. The number of methoxy groups -OCH3 is 1. The van der Waals surface area contributed by atoms with Crippen LogP contribution in [0.5, 0.6) is 5.88 Å². The fourth-order valence-corrected chi connectivity index (χ4v) is 5.55. The summed E-state index contributed by atoms with van der Waals surface area (Å²) in [5.74, 6) is -0.725. The van der Waals surface area contributed by atoms with E-state index in [4.69, 9.17) is 9.47 Å². The summed E-state index contributed by atoms with van der Waals surface area (Å²) in [7, 11) is 1.54. The molecule has 224 valence electrons. The molecule has 0 unspecified atom stereocenters. The SMILES string of the molecule is CCCO[C@@H]1CN(C2CCC(O)(c3ccc(OC)nc3)CC2)C[C@@H]1NC(=O)CNC(=O)c1cccc(C(F)(F)F)c1. The maximum Gasteiger partial charge on any atom is 0.416 e. The van der Waals surface area contributed by atoms with Crippen molar-refractivity contribution in [1.82, 2.24) is 20.5 Å². The Labute approximate surface area is 237 Å². The number of likely N-dealkylation sites (tertiary alicyclic amines) is 1. The quantitative estimate of drug-likeness (QED) is 0.397. The van der Waals surface area contributed by atoms with Crippen LogP contribution in [0.3, 0.4) is 0 Å². The monoisotopic (exact) mass is 578 g/mol. The molecule has 1 saturated heterocycles. The predicted molar refractivity (Wildman–Crippen MR) is 144 cm³/mol. The highest BCUT2D eigenvalue weighted by Crippen LogP contribution is 2.39. The second kappa shape index (κ2) is 13.2. The van der Waals surface area contributed by atoms with Crippen molar-refractivity contribution in [3.8, 4) is 5.88 Å². The Morgan fingerprint density at radius 3 is 2.56 bits per heavy atom. The van der Waals surface area contributed by atoms with Crippen LogP contribution in [-0.4, -0.2) is 78.3 Å². The summed E-state index contributed by atoms with van der Waals surface area (Å²) in [4.78, 5) is 31.6. The first kappa shape index (κ1) is 30.7. The molecule has 1 aromatic heterocycles. The fraction of sp³-hybridized carbons (Fsp3) is 0.552. The lowest BCUT2D eigenvalue weighted by Crippen LogP contribution is -2.48. The molecule has 1 saturated carbocycles. The minimum Gasteiger partial charge on any atom is -0.481 e. The first-order chi connectivity index (χ1) is 19.5. The van der Waals surface area contributed by atoms with Crippen LogP contribution in [0.25, 0.3) is 0 Å². The van der Waals surface area contributed by atoms with Crippen molar-refractivity contribution in [3.05, 3.63) is 59.3 Å². The van der Waals surface area contributed by atoms with Crippen LogP contribution in [0.1, 0.15) is 60.5 Å². The third-order valence-corrected chi connectivity index (χ3v) is 7.82. The summed E-state index contributed by atoms with van der Waals surface area (Å²) in [6.07, 6.45) is 0.317. The average molecular weight is 579 g/mol. The second-order valence-corrected chi connectivity index (χ2v) is 10.7. The Morgan fingerprint density at radius 2 is 1.93 bits per heavy atom. The summed E-state index contributed by atoms with van der Waals surface area (Å²) in [5.41, 5.74) is -1.30. The molecule has 0 spiro atoms. The van der Waals surface area contributed by atoms with Crippen molar-refractivity contribution in [2.24, 2.45) is 0 Å². The second-order valence-electron chi connectivity index (χ2n) is 10.7. The van der Waals surface area contributed by atoms with Crippen molar-refractivity contribution in [2.45, 2.75) is 69.0 Å². The lowest BCUT2D eigenvalue weighted by molar-refractivity contribution is -0.137. The van der Waals surface area contributed by atoms with Crippen molar-refractivity contribution < 1.29 is 37.3 Å². The van der Waals surface area contributed by atoms with Crippen LogP contribution < -0.4 is 15.4 Å². The Balaban J connectivity index is 1.31. The number of hydrogen-bond donors (Lipinski definition) is 3. The number of aromatic nitrogens is 1. The highest BCUT2D eigenvalue weighted by Gasteiger charge is 2.42.